The molecule has 0 saturated carbocycles. The number of benzene rings is 1. The number of nitrogens with zero attached hydrogens (tertiary/aromatic N) is 4. The first-order valence-electron chi connectivity index (χ1n) is 11.5. The molecule has 3 rings (SSSR count). The van der Waals surface area contributed by atoms with Crippen LogP contribution in [0.25, 0.3) is 0 Å². The lowest BCUT2D eigenvalue weighted by Gasteiger charge is -2.34. The molecule has 1 aromatic carbocycles. The second-order valence-electron chi connectivity index (χ2n) is 8.43. The number of likely N-dealkylation sites (N-methyl/N-ethyl adjacent to an activating group) is 1. The molecular weight excluding hydrogens is 519 g/mol. The fourth-order valence-electron chi connectivity index (χ4n) is 3.89. The van der Waals surface area contributed by atoms with Crippen LogP contribution in [0.15, 0.2) is 35.3 Å². The molecule has 2 aliphatic rings. The average Bonchev–Trinajstić information content (AvgIpc) is 2.81. The Bertz CT molecular complexity index is 689. The van der Waals surface area contributed by atoms with Crippen molar-refractivity contribution >= 4 is 41.5 Å². The quantitative estimate of drug-likeness (QED) is 0.219. The molecule has 1 amide bonds. The maximum Gasteiger partial charge on any atom is 0.243 e. The first-order chi connectivity index (χ1) is 15.1. The summed E-state index contributed by atoms with van der Waals surface area (Å²) in [6.07, 6.45) is 3.13. The van der Waals surface area contributed by atoms with E-state index in [4.69, 9.17) is 4.74 Å². The van der Waals surface area contributed by atoms with Crippen LogP contribution in [0, 0.1) is 0 Å². The normalized spacial score (nSPS) is 18.1. The largest absolute Gasteiger partial charge is 0.379 e. The number of amides is 1. The van der Waals surface area contributed by atoms with E-state index in [1.54, 1.807) is 19.0 Å². The number of anilines is 1. The molecule has 180 valence electrons. The number of halogens is 1. The lowest BCUT2D eigenvalue weighted by atomic mass is 10.0. The number of carbonyl (C=O) groups is 1. The van der Waals surface area contributed by atoms with Crippen molar-refractivity contribution in [2.75, 3.05) is 78.0 Å². The van der Waals surface area contributed by atoms with Gasteiger partial charge in [0.15, 0.2) is 5.96 Å². The highest BCUT2D eigenvalue weighted by Crippen LogP contribution is 2.19. The van der Waals surface area contributed by atoms with Crippen LogP contribution in [0.1, 0.15) is 19.3 Å². The van der Waals surface area contributed by atoms with Gasteiger partial charge in [-0.3, -0.25) is 9.69 Å². The Kier molecular flexibility index (Phi) is 12.1. The van der Waals surface area contributed by atoms with E-state index >= 15 is 0 Å². The molecule has 2 N–H and O–H groups in total. The van der Waals surface area contributed by atoms with E-state index in [1.807, 2.05) is 0 Å². The number of aliphatic imine (C=N–C) groups is 1. The van der Waals surface area contributed by atoms with Gasteiger partial charge in [-0.15, -0.1) is 24.0 Å². The third-order valence-corrected chi connectivity index (χ3v) is 5.88. The number of ether oxygens (including phenoxy) is 1. The minimum atomic E-state index is 0. The second kappa shape index (κ2) is 14.5. The first-order valence-corrected chi connectivity index (χ1v) is 11.5. The van der Waals surface area contributed by atoms with Gasteiger partial charge in [0.25, 0.3) is 0 Å². The van der Waals surface area contributed by atoms with Gasteiger partial charge in [0.1, 0.15) is 6.54 Å². The van der Waals surface area contributed by atoms with Crippen molar-refractivity contribution < 1.29 is 9.53 Å². The van der Waals surface area contributed by atoms with Gasteiger partial charge < -0.3 is 25.2 Å². The summed E-state index contributed by atoms with van der Waals surface area (Å²) in [6, 6.07) is 10.9. The molecule has 0 radical (unpaired) electrons. The summed E-state index contributed by atoms with van der Waals surface area (Å²) in [5.41, 5.74) is 1.28. The number of para-hydroxylation sites is 1. The third-order valence-electron chi connectivity index (χ3n) is 5.88. The molecule has 2 saturated heterocycles. The fourth-order valence-corrected chi connectivity index (χ4v) is 3.89. The van der Waals surface area contributed by atoms with Gasteiger partial charge in [0.05, 0.1) is 13.2 Å². The highest BCUT2D eigenvalue weighted by molar-refractivity contribution is 14.0. The van der Waals surface area contributed by atoms with Crippen LogP contribution in [-0.4, -0.2) is 101 Å². The summed E-state index contributed by atoms with van der Waals surface area (Å²) in [7, 11) is 3.53. The summed E-state index contributed by atoms with van der Waals surface area (Å²) in [4.78, 5) is 23.0. The average molecular weight is 559 g/mol. The number of guanidine groups is 1. The first kappa shape index (κ1) is 26.7. The summed E-state index contributed by atoms with van der Waals surface area (Å²) in [5, 5.41) is 7.01. The second-order valence-corrected chi connectivity index (χ2v) is 8.43. The van der Waals surface area contributed by atoms with Crippen LogP contribution in [0.2, 0.25) is 0 Å². The Morgan fingerprint density at radius 3 is 2.47 bits per heavy atom. The fraction of sp³-hybridized carbons (Fsp3) is 0.652. The Morgan fingerprint density at radius 2 is 1.81 bits per heavy atom. The molecule has 2 fully saturated rings. The molecule has 0 spiro atoms. The van der Waals surface area contributed by atoms with Gasteiger partial charge in [0, 0.05) is 58.5 Å². The third kappa shape index (κ3) is 9.11. The molecule has 2 heterocycles. The van der Waals surface area contributed by atoms with Crippen molar-refractivity contribution in [3.63, 3.8) is 0 Å². The number of hydrogen-bond donors (Lipinski definition) is 2. The smallest absolute Gasteiger partial charge is 0.243 e. The van der Waals surface area contributed by atoms with Crippen LogP contribution >= 0.6 is 24.0 Å². The molecule has 1 aromatic rings. The number of carbonyl (C=O) groups excluding carboxylic acids is 1. The number of rotatable bonds is 8. The molecule has 32 heavy (non-hydrogen) atoms. The van der Waals surface area contributed by atoms with Gasteiger partial charge in [0.2, 0.25) is 5.91 Å². The van der Waals surface area contributed by atoms with Crippen LogP contribution in [0.4, 0.5) is 5.69 Å². The monoisotopic (exact) mass is 558 g/mol. The predicted octanol–water partition coefficient (Wildman–Crippen LogP) is 1.62. The van der Waals surface area contributed by atoms with Crippen molar-refractivity contribution in [1.29, 1.82) is 0 Å². The Morgan fingerprint density at radius 1 is 1.12 bits per heavy atom. The zero-order valence-electron chi connectivity index (χ0n) is 19.5. The van der Waals surface area contributed by atoms with E-state index in [2.05, 4.69) is 55.8 Å². The minimum Gasteiger partial charge on any atom is -0.379 e. The Balaban J connectivity index is 0.00000363. The summed E-state index contributed by atoms with van der Waals surface area (Å²) in [5.74, 6) is 0.753. The summed E-state index contributed by atoms with van der Waals surface area (Å²) < 4.78 is 5.41. The highest BCUT2D eigenvalue weighted by Gasteiger charge is 2.20. The van der Waals surface area contributed by atoms with Gasteiger partial charge in [-0.25, -0.2) is 4.99 Å². The molecule has 9 heteroatoms. The molecule has 0 unspecified atom stereocenters. The van der Waals surface area contributed by atoms with Crippen LogP contribution in [0.3, 0.4) is 0 Å². The topological polar surface area (TPSA) is 72.4 Å². The SMILES string of the molecule is CN(C)C(=O)CN=C(NCCCN1CCOCC1)NC1CCN(c2ccccc2)CC1.I. The van der Waals surface area contributed by atoms with Gasteiger partial charge in [-0.05, 0) is 37.9 Å². The highest BCUT2D eigenvalue weighted by atomic mass is 127. The van der Waals surface area contributed by atoms with E-state index in [0.29, 0.717) is 6.04 Å². The summed E-state index contributed by atoms with van der Waals surface area (Å²) >= 11 is 0. The number of hydrogen-bond acceptors (Lipinski definition) is 5. The summed E-state index contributed by atoms with van der Waals surface area (Å²) in [6.45, 7) is 7.76. The molecule has 0 aliphatic carbocycles. The van der Waals surface area contributed by atoms with E-state index in [1.165, 1.54) is 5.69 Å². The Hall–Kier alpha value is -1.59. The van der Waals surface area contributed by atoms with Crippen LogP contribution in [0.5, 0.6) is 0 Å². The van der Waals surface area contributed by atoms with Crippen molar-refractivity contribution in [3.8, 4) is 0 Å². The van der Waals surface area contributed by atoms with Crippen molar-refractivity contribution in [2.24, 2.45) is 4.99 Å². The standard InChI is InChI=1S/C23H38N6O2.HI/c1-27(2)22(30)19-25-23(24-11-6-12-28-15-17-31-18-16-28)26-20-9-13-29(14-10-20)21-7-4-3-5-8-21;/h3-5,7-8,20H,6,9-19H2,1-2H3,(H2,24,25,26);1H. The molecule has 2 aliphatic heterocycles. The molecule has 0 aromatic heterocycles. The van der Waals surface area contributed by atoms with Crippen LogP contribution < -0.4 is 15.5 Å². The van der Waals surface area contributed by atoms with Crippen molar-refractivity contribution in [1.82, 2.24) is 20.4 Å². The van der Waals surface area contributed by atoms with E-state index in [-0.39, 0.29) is 36.4 Å². The Labute approximate surface area is 209 Å². The minimum absolute atomic E-state index is 0. The lowest BCUT2D eigenvalue weighted by Crippen LogP contribution is -2.49. The van der Waals surface area contributed by atoms with Crippen molar-refractivity contribution in [2.45, 2.75) is 25.3 Å². The van der Waals surface area contributed by atoms with Gasteiger partial charge >= 0.3 is 0 Å². The predicted molar refractivity (Wildman–Crippen MR) is 141 cm³/mol. The maximum absolute atomic E-state index is 12.0. The van der Waals surface area contributed by atoms with E-state index < -0.39 is 0 Å². The van der Waals surface area contributed by atoms with E-state index in [0.717, 1.165) is 77.7 Å². The number of piperidine rings is 1. The molecular formula is C23H39IN6O2. The number of morpholine rings is 1. The number of nitrogens with one attached hydrogen (secondary N) is 2. The molecule has 8 nitrogen and oxygen atoms in total. The molecule has 0 bridgehead atoms. The molecule has 0 atom stereocenters. The zero-order chi connectivity index (χ0) is 21.9. The van der Waals surface area contributed by atoms with Crippen molar-refractivity contribution in [3.05, 3.63) is 30.3 Å². The lowest BCUT2D eigenvalue weighted by molar-refractivity contribution is -0.127. The van der Waals surface area contributed by atoms with Gasteiger partial charge in [-0.1, -0.05) is 18.2 Å². The zero-order valence-corrected chi connectivity index (χ0v) is 21.8. The van der Waals surface area contributed by atoms with E-state index in [9.17, 15) is 4.79 Å². The van der Waals surface area contributed by atoms with Crippen LogP contribution in [-0.2, 0) is 9.53 Å². The van der Waals surface area contributed by atoms with Gasteiger partial charge in [-0.2, -0.15) is 0 Å². The maximum atomic E-state index is 12.0.